The Kier molecular flexibility index (Phi) is 8.59. The zero-order valence-electron chi connectivity index (χ0n) is 21.5. The van der Waals surface area contributed by atoms with Gasteiger partial charge in [-0.25, -0.2) is 4.79 Å². The molecule has 3 N–H and O–H groups in total. The molecule has 0 aliphatic heterocycles. The van der Waals surface area contributed by atoms with Gasteiger partial charge in [0.05, 0.1) is 5.56 Å². The van der Waals surface area contributed by atoms with Gasteiger partial charge in [0.25, 0.3) is 5.91 Å². The first kappa shape index (κ1) is 25.6. The maximum atomic E-state index is 13.1. The van der Waals surface area contributed by atoms with Gasteiger partial charge in [0.1, 0.15) is 0 Å². The van der Waals surface area contributed by atoms with E-state index in [1.165, 1.54) is 6.42 Å². The molecule has 0 atom stereocenters. The van der Waals surface area contributed by atoms with E-state index < -0.39 is 0 Å². The van der Waals surface area contributed by atoms with Crippen LogP contribution in [0.1, 0.15) is 93.1 Å². The number of hydrogen-bond acceptors (Lipinski definition) is 3. The Morgan fingerprint density at radius 3 is 2.06 bits per heavy atom. The highest BCUT2D eigenvalue weighted by molar-refractivity contribution is 6.04. The van der Waals surface area contributed by atoms with Crippen LogP contribution in [0.15, 0.2) is 36.4 Å². The molecule has 0 heterocycles. The number of anilines is 3. The lowest BCUT2D eigenvalue weighted by atomic mass is 9.93. The molecule has 3 amide bonds. The molecule has 6 heteroatoms. The van der Waals surface area contributed by atoms with Crippen molar-refractivity contribution in [3.63, 3.8) is 0 Å². The van der Waals surface area contributed by atoms with Crippen molar-refractivity contribution in [2.75, 3.05) is 29.6 Å². The summed E-state index contributed by atoms with van der Waals surface area (Å²) in [5.41, 5.74) is 5.06. The summed E-state index contributed by atoms with van der Waals surface area (Å²) in [4.78, 5) is 28.1. The predicted molar refractivity (Wildman–Crippen MR) is 142 cm³/mol. The predicted octanol–water partition coefficient (Wildman–Crippen LogP) is 6.71. The average Bonchev–Trinajstić information content (AvgIpc) is 2.79. The number of nitrogens with zero attached hydrogens (tertiary/aromatic N) is 1. The summed E-state index contributed by atoms with van der Waals surface area (Å²) in [5, 5.41) is 9.22. The van der Waals surface area contributed by atoms with E-state index in [1.54, 1.807) is 6.07 Å². The van der Waals surface area contributed by atoms with Gasteiger partial charge in [-0.05, 0) is 54.0 Å². The van der Waals surface area contributed by atoms with Crippen LogP contribution in [0.2, 0.25) is 0 Å². The van der Waals surface area contributed by atoms with Gasteiger partial charge in [0, 0.05) is 37.2 Å². The maximum Gasteiger partial charge on any atom is 0.323 e. The van der Waals surface area contributed by atoms with Gasteiger partial charge in [-0.2, -0.15) is 0 Å². The molecule has 6 nitrogen and oxygen atoms in total. The smallest absolute Gasteiger partial charge is 0.323 e. The Hall–Kier alpha value is -3.02. The monoisotopic (exact) mass is 464 g/mol. The number of urea groups is 1. The second-order valence-electron chi connectivity index (χ2n) is 10.1. The summed E-state index contributed by atoms with van der Waals surface area (Å²) >= 11 is 0. The lowest BCUT2D eigenvalue weighted by Gasteiger charge is -2.25. The molecule has 0 bridgehead atoms. The van der Waals surface area contributed by atoms with Gasteiger partial charge < -0.3 is 20.9 Å². The number of para-hydroxylation sites is 1. The molecule has 0 aromatic heterocycles. The SMILES string of the molecule is CC(C)c1cccc(C(C)C)c1NC(=O)Nc1ccc(N(C)C)c(C(=O)NC2CCCCC2)c1. The highest BCUT2D eigenvalue weighted by Gasteiger charge is 2.21. The Labute approximate surface area is 204 Å². The van der Waals surface area contributed by atoms with Gasteiger partial charge in [0.2, 0.25) is 0 Å². The van der Waals surface area contributed by atoms with E-state index in [0.29, 0.717) is 11.3 Å². The van der Waals surface area contributed by atoms with Gasteiger partial charge in [-0.3, -0.25) is 4.79 Å². The topological polar surface area (TPSA) is 73.5 Å². The number of nitrogens with one attached hydrogen (secondary N) is 3. The van der Waals surface area contributed by atoms with Crippen molar-refractivity contribution >= 4 is 29.0 Å². The molecule has 34 heavy (non-hydrogen) atoms. The fourth-order valence-corrected chi connectivity index (χ4v) is 4.67. The molecule has 184 valence electrons. The summed E-state index contributed by atoms with van der Waals surface area (Å²) in [6.07, 6.45) is 5.60. The summed E-state index contributed by atoms with van der Waals surface area (Å²) in [6, 6.07) is 11.6. The minimum Gasteiger partial charge on any atom is -0.377 e. The highest BCUT2D eigenvalue weighted by atomic mass is 16.2. The zero-order valence-corrected chi connectivity index (χ0v) is 21.5. The Morgan fingerprint density at radius 2 is 1.50 bits per heavy atom. The Balaban J connectivity index is 1.81. The van der Waals surface area contributed by atoms with Crippen LogP contribution in [-0.2, 0) is 0 Å². The normalized spacial score (nSPS) is 14.2. The van der Waals surface area contributed by atoms with E-state index in [1.807, 2.05) is 37.2 Å². The largest absolute Gasteiger partial charge is 0.377 e. The van der Waals surface area contributed by atoms with Crippen molar-refractivity contribution in [1.29, 1.82) is 0 Å². The van der Waals surface area contributed by atoms with Crippen molar-refractivity contribution < 1.29 is 9.59 Å². The Morgan fingerprint density at radius 1 is 0.882 bits per heavy atom. The molecule has 2 aromatic carbocycles. The maximum absolute atomic E-state index is 13.1. The number of amides is 3. The van der Waals surface area contributed by atoms with Crippen molar-refractivity contribution in [2.24, 2.45) is 0 Å². The highest BCUT2D eigenvalue weighted by Crippen LogP contribution is 2.32. The molecule has 0 saturated heterocycles. The molecule has 0 unspecified atom stereocenters. The van der Waals surface area contributed by atoms with Crippen LogP contribution < -0.4 is 20.9 Å². The lowest BCUT2D eigenvalue weighted by molar-refractivity contribution is 0.0928. The molecule has 1 aliphatic carbocycles. The van der Waals surface area contributed by atoms with Gasteiger partial charge in [-0.15, -0.1) is 0 Å². The van der Waals surface area contributed by atoms with Crippen molar-refractivity contribution in [1.82, 2.24) is 5.32 Å². The molecular weight excluding hydrogens is 424 g/mol. The van der Waals surface area contributed by atoms with Crippen molar-refractivity contribution in [2.45, 2.75) is 77.7 Å². The molecule has 0 spiro atoms. The van der Waals surface area contributed by atoms with E-state index in [2.05, 4.69) is 55.8 Å². The van der Waals surface area contributed by atoms with E-state index in [9.17, 15) is 9.59 Å². The third kappa shape index (κ3) is 6.31. The van der Waals surface area contributed by atoms with E-state index >= 15 is 0 Å². The lowest BCUT2D eigenvalue weighted by Crippen LogP contribution is -2.36. The summed E-state index contributed by atoms with van der Waals surface area (Å²) in [7, 11) is 3.84. The van der Waals surface area contributed by atoms with Crippen LogP contribution in [0, 0.1) is 0 Å². The quantitative estimate of drug-likeness (QED) is 0.426. The van der Waals surface area contributed by atoms with Crippen LogP contribution in [-0.4, -0.2) is 32.1 Å². The number of carbonyl (C=O) groups excluding carboxylic acids is 2. The van der Waals surface area contributed by atoms with Crippen LogP contribution in [0.3, 0.4) is 0 Å². The first-order chi connectivity index (χ1) is 16.2. The van der Waals surface area contributed by atoms with Gasteiger partial charge >= 0.3 is 6.03 Å². The van der Waals surface area contributed by atoms with Crippen LogP contribution in [0.25, 0.3) is 0 Å². The molecule has 0 radical (unpaired) electrons. The Bertz CT molecular complexity index is 981. The van der Waals surface area contributed by atoms with Gasteiger partial charge in [-0.1, -0.05) is 65.2 Å². The van der Waals surface area contributed by atoms with Crippen molar-refractivity contribution in [3.05, 3.63) is 53.1 Å². The van der Waals surface area contributed by atoms with E-state index in [0.717, 1.165) is 48.2 Å². The summed E-state index contributed by atoms with van der Waals surface area (Å²) in [5.74, 6) is 0.471. The summed E-state index contributed by atoms with van der Waals surface area (Å²) < 4.78 is 0. The molecule has 1 fully saturated rings. The molecule has 1 saturated carbocycles. The van der Waals surface area contributed by atoms with Crippen LogP contribution in [0.4, 0.5) is 21.9 Å². The molecule has 2 aromatic rings. The summed E-state index contributed by atoms with van der Waals surface area (Å²) in [6.45, 7) is 8.50. The molecule has 1 aliphatic rings. The fraction of sp³-hybridized carbons (Fsp3) is 0.500. The second-order valence-corrected chi connectivity index (χ2v) is 10.1. The number of rotatable bonds is 7. The molecular formula is C28H40N4O2. The zero-order chi connectivity index (χ0) is 24.8. The van der Waals surface area contributed by atoms with Crippen molar-refractivity contribution in [3.8, 4) is 0 Å². The number of carbonyl (C=O) groups is 2. The van der Waals surface area contributed by atoms with Crippen LogP contribution >= 0.6 is 0 Å². The average molecular weight is 465 g/mol. The van der Waals surface area contributed by atoms with Crippen LogP contribution in [0.5, 0.6) is 0 Å². The minimum atomic E-state index is -0.314. The van der Waals surface area contributed by atoms with Gasteiger partial charge in [0.15, 0.2) is 0 Å². The van der Waals surface area contributed by atoms with E-state index in [4.69, 9.17) is 0 Å². The minimum absolute atomic E-state index is 0.0908. The first-order valence-corrected chi connectivity index (χ1v) is 12.5. The number of benzene rings is 2. The first-order valence-electron chi connectivity index (χ1n) is 12.5. The van der Waals surface area contributed by atoms with E-state index in [-0.39, 0.29) is 29.8 Å². The fourth-order valence-electron chi connectivity index (χ4n) is 4.67. The third-order valence-electron chi connectivity index (χ3n) is 6.53. The standard InChI is InChI=1S/C28H40N4O2/c1-18(2)22-13-10-14-23(19(3)4)26(22)31-28(34)30-21-15-16-25(32(5)6)24(17-21)27(33)29-20-11-8-7-9-12-20/h10,13-20H,7-9,11-12H2,1-6H3,(H,29,33)(H2,30,31,34). The number of hydrogen-bond donors (Lipinski definition) is 3. The second kappa shape index (κ2) is 11.4. The third-order valence-corrected chi connectivity index (χ3v) is 6.53. The molecule has 3 rings (SSSR count).